The quantitative estimate of drug-likeness (QED) is 0.733. The van der Waals surface area contributed by atoms with E-state index in [-0.39, 0.29) is 11.8 Å². The van der Waals surface area contributed by atoms with E-state index >= 15 is 0 Å². The van der Waals surface area contributed by atoms with Crippen LogP contribution in [-0.2, 0) is 0 Å². The Morgan fingerprint density at radius 1 is 1.05 bits per heavy atom. The SMILES string of the molecule is NCC(N)c1ccccc1.O=Cc1ccccc1O. The molecule has 0 aliphatic carbocycles. The van der Waals surface area contributed by atoms with E-state index in [1.54, 1.807) is 18.2 Å². The summed E-state index contributed by atoms with van der Waals surface area (Å²) in [4.78, 5) is 10.1. The molecule has 5 N–H and O–H groups in total. The van der Waals surface area contributed by atoms with Crippen LogP contribution in [0, 0.1) is 0 Å². The van der Waals surface area contributed by atoms with Gasteiger partial charge in [0, 0.05) is 12.6 Å². The third-order valence-corrected chi connectivity index (χ3v) is 2.55. The summed E-state index contributed by atoms with van der Waals surface area (Å²) >= 11 is 0. The smallest absolute Gasteiger partial charge is 0.153 e. The molecular formula is C15H18N2O2. The van der Waals surface area contributed by atoms with Crippen LogP contribution in [0.1, 0.15) is 22.0 Å². The minimum atomic E-state index is -0.0128. The molecule has 4 nitrogen and oxygen atoms in total. The van der Waals surface area contributed by atoms with Gasteiger partial charge in [0.05, 0.1) is 5.56 Å². The second kappa shape index (κ2) is 8.02. The first-order valence-corrected chi connectivity index (χ1v) is 5.92. The lowest BCUT2D eigenvalue weighted by molar-refractivity contribution is 0.112. The van der Waals surface area contributed by atoms with Crippen LogP contribution in [0.2, 0.25) is 0 Å². The zero-order valence-electron chi connectivity index (χ0n) is 10.6. The Kier molecular flexibility index (Phi) is 6.29. The predicted molar refractivity (Wildman–Crippen MR) is 75.9 cm³/mol. The molecule has 0 saturated heterocycles. The van der Waals surface area contributed by atoms with Crippen molar-refractivity contribution in [3.8, 4) is 5.75 Å². The third kappa shape index (κ3) is 4.91. The summed E-state index contributed by atoms with van der Waals surface area (Å²) in [6.45, 7) is 0.504. The van der Waals surface area contributed by atoms with E-state index in [0.717, 1.165) is 5.56 Å². The maximum Gasteiger partial charge on any atom is 0.153 e. The van der Waals surface area contributed by atoms with Crippen molar-refractivity contribution in [2.75, 3.05) is 6.54 Å². The molecule has 0 heterocycles. The lowest BCUT2D eigenvalue weighted by atomic mass is 10.1. The van der Waals surface area contributed by atoms with Crippen molar-refractivity contribution in [2.45, 2.75) is 6.04 Å². The molecule has 0 fully saturated rings. The fourth-order valence-electron chi connectivity index (χ4n) is 1.42. The van der Waals surface area contributed by atoms with Crippen molar-refractivity contribution < 1.29 is 9.90 Å². The summed E-state index contributed by atoms with van der Waals surface area (Å²) in [5, 5.41) is 8.88. The highest BCUT2D eigenvalue weighted by molar-refractivity contribution is 5.78. The van der Waals surface area contributed by atoms with Gasteiger partial charge in [0.25, 0.3) is 0 Å². The van der Waals surface area contributed by atoms with E-state index in [0.29, 0.717) is 18.4 Å². The maximum absolute atomic E-state index is 10.1. The van der Waals surface area contributed by atoms with Crippen molar-refractivity contribution in [1.82, 2.24) is 0 Å². The molecule has 100 valence electrons. The number of aromatic hydroxyl groups is 1. The number of carbonyl (C=O) groups is 1. The van der Waals surface area contributed by atoms with Crippen molar-refractivity contribution in [1.29, 1.82) is 0 Å². The van der Waals surface area contributed by atoms with Gasteiger partial charge in [0.15, 0.2) is 6.29 Å². The number of nitrogens with two attached hydrogens (primary N) is 2. The zero-order valence-corrected chi connectivity index (χ0v) is 10.6. The summed E-state index contributed by atoms with van der Waals surface area (Å²) in [6.07, 6.45) is 0.620. The number of phenolic OH excluding ortho intramolecular Hbond substituents is 1. The van der Waals surface area contributed by atoms with Crippen LogP contribution in [0.5, 0.6) is 5.75 Å². The molecule has 0 spiro atoms. The van der Waals surface area contributed by atoms with Crippen molar-refractivity contribution in [2.24, 2.45) is 11.5 Å². The Hall–Kier alpha value is -2.17. The van der Waals surface area contributed by atoms with Crippen LogP contribution in [0.15, 0.2) is 54.6 Å². The highest BCUT2D eigenvalue weighted by Gasteiger charge is 1.99. The van der Waals surface area contributed by atoms with Crippen LogP contribution >= 0.6 is 0 Å². The van der Waals surface area contributed by atoms with E-state index in [1.807, 2.05) is 30.3 Å². The molecule has 0 radical (unpaired) electrons. The third-order valence-electron chi connectivity index (χ3n) is 2.55. The monoisotopic (exact) mass is 258 g/mol. The van der Waals surface area contributed by atoms with Gasteiger partial charge in [0.1, 0.15) is 5.75 Å². The predicted octanol–water partition coefficient (Wildman–Crippen LogP) is 1.85. The summed E-state index contributed by atoms with van der Waals surface area (Å²) in [6, 6.07) is 16.2. The summed E-state index contributed by atoms with van der Waals surface area (Å²) in [7, 11) is 0. The molecule has 2 aromatic carbocycles. The van der Waals surface area contributed by atoms with E-state index in [4.69, 9.17) is 16.6 Å². The molecule has 0 bridgehead atoms. The van der Waals surface area contributed by atoms with Crippen LogP contribution in [0.25, 0.3) is 0 Å². The largest absolute Gasteiger partial charge is 0.507 e. The highest BCUT2D eigenvalue weighted by Crippen LogP contribution is 2.11. The Bertz CT molecular complexity index is 501. The molecule has 2 aromatic rings. The topological polar surface area (TPSA) is 89.3 Å². The Morgan fingerprint density at radius 2 is 1.63 bits per heavy atom. The highest BCUT2D eigenvalue weighted by atomic mass is 16.3. The lowest BCUT2D eigenvalue weighted by Gasteiger charge is -2.06. The van der Waals surface area contributed by atoms with Gasteiger partial charge < -0.3 is 16.6 Å². The van der Waals surface area contributed by atoms with Crippen LogP contribution < -0.4 is 11.5 Å². The van der Waals surface area contributed by atoms with Crippen LogP contribution in [0.4, 0.5) is 0 Å². The van der Waals surface area contributed by atoms with Crippen molar-refractivity contribution in [3.05, 3.63) is 65.7 Å². The average Bonchev–Trinajstić information content (AvgIpc) is 2.48. The molecule has 0 aliphatic heterocycles. The second-order valence-electron chi connectivity index (χ2n) is 3.93. The molecule has 0 aromatic heterocycles. The van der Waals surface area contributed by atoms with Gasteiger partial charge in [0.2, 0.25) is 0 Å². The van der Waals surface area contributed by atoms with Gasteiger partial charge in [-0.25, -0.2) is 0 Å². The molecular weight excluding hydrogens is 240 g/mol. The molecule has 0 aliphatic rings. The number of hydrogen-bond donors (Lipinski definition) is 3. The molecule has 0 saturated carbocycles. The van der Waals surface area contributed by atoms with Gasteiger partial charge in [-0.1, -0.05) is 42.5 Å². The van der Waals surface area contributed by atoms with Gasteiger partial charge in [-0.15, -0.1) is 0 Å². The fraction of sp³-hybridized carbons (Fsp3) is 0.133. The number of carbonyl (C=O) groups excluding carboxylic acids is 1. The van der Waals surface area contributed by atoms with E-state index in [9.17, 15) is 4.79 Å². The average molecular weight is 258 g/mol. The number of benzene rings is 2. The Labute approximate surface area is 112 Å². The van der Waals surface area contributed by atoms with E-state index < -0.39 is 0 Å². The minimum absolute atomic E-state index is 0.0128. The fourth-order valence-corrected chi connectivity index (χ4v) is 1.42. The normalized spacial score (nSPS) is 11.1. The van der Waals surface area contributed by atoms with E-state index in [2.05, 4.69) is 0 Å². The standard InChI is InChI=1S/C8H12N2.C7H6O2/c9-6-8(10)7-4-2-1-3-5-7;8-5-6-3-1-2-4-7(6)9/h1-5,8H,6,9-10H2;1-5,9H. The van der Waals surface area contributed by atoms with Crippen molar-refractivity contribution in [3.63, 3.8) is 0 Å². The molecule has 1 atom stereocenters. The summed E-state index contributed by atoms with van der Waals surface area (Å²) in [5.74, 6) is 0.0347. The number of para-hydroxylation sites is 1. The number of phenols is 1. The van der Waals surface area contributed by atoms with Crippen LogP contribution in [0.3, 0.4) is 0 Å². The molecule has 2 rings (SSSR count). The lowest BCUT2D eigenvalue weighted by Crippen LogP contribution is -2.20. The molecule has 4 heteroatoms. The van der Waals surface area contributed by atoms with Crippen LogP contribution in [-0.4, -0.2) is 17.9 Å². The first-order chi connectivity index (χ1) is 9.19. The summed E-state index contributed by atoms with van der Waals surface area (Å²) in [5.41, 5.74) is 12.5. The minimum Gasteiger partial charge on any atom is -0.507 e. The van der Waals surface area contributed by atoms with Crippen molar-refractivity contribution >= 4 is 6.29 Å². The number of rotatable bonds is 3. The van der Waals surface area contributed by atoms with E-state index in [1.165, 1.54) is 6.07 Å². The van der Waals surface area contributed by atoms with Gasteiger partial charge in [-0.3, -0.25) is 4.79 Å². The zero-order chi connectivity index (χ0) is 14.1. The second-order valence-corrected chi connectivity index (χ2v) is 3.93. The molecule has 19 heavy (non-hydrogen) atoms. The van der Waals surface area contributed by atoms with Gasteiger partial charge in [-0.05, 0) is 17.7 Å². The Morgan fingerprint density at radius 3 is 2.11 bits per heavy atom. The maximum atomic E-state index is 10.1. The summed E-state index contributed by atoms with van der Waals surface area (Å²) < 4.78 is 0. The first kappa shape index (κ1) is 14.9. The number of aldehydes is 1. The molecule has 1 unspecified atom stereocenters. The Balaban J connectivity index is 0.000000191. The number of hydrogen-bond acceptors (Lipinski definition) is 4. The molecule has 0 amide bonds. The van der Waals surface area contributed by atoms with Gasteiger partial charge >= 0.3 is 0 Å². The first-order valence-electron chi connectivity index (χ1n) is 5.92. The van der Waals surface area contributed by atoms with Gasteiger partial charge in [-0.2, -0.15) is 0 Å².